The first-order valence-corrected chi connectivity index (χ1v) is 5.44. The number of benzene rings is 1. The van der Waals surface area contributed by atoms with E-state index in [9.17, 15) is 4.39 Å². The van der Waals surface area contributed by atoms with Crippen molar-refractivity contribution in [1.82, 2.24) is 9.38 Å². The highest BCUT2D eigenvalue weighted by Crippen LogP contribution is 2.19. The third-order valence-electron chi connectivity index (χ3n) is 2.76. The van der Waals surface area contributed by atoms with E-state index in [-0.39, 0.29) is 22.8 Å². The maximum absolute atomic E-state index is 12.8. The molecule has 2 nitrogen and oxygen atoms in total. The smallest absolute Gasteiger partial charge is 0.137 e. The van der Waals surface area contributed by atoms with E-state index >= 15 is 0 Å². The fraction of sp³-hybridized carbons (Fsp3) is 0.0714. The van der Waals surface area contributed by atoms with Crippen molar-refractivity contribution in [3.05, 3.63) is 60.2 Å². The first kappa shape index (κ1) is 12.8. The third-order valence-corrected chi connectivity index (χ3v) is 2.76. The van der Waals surface area contributed by atoms with Crippen LogP contribution in [0.2, 0.25) is 0 Å². The lowest BCUT2D eigenvalue weighted by atomic mass is 10.2. The van der Waals surface area contributed by atoms with Crippen LogP contribution in [-0.4, -0.2) is 9.38 Å². The predicted molar refractivity (Wildman–Crippen MR) is 65.3 cm³/mol. The molecule has 0 aliphatic heterocycles. The molecule has 1 aromatic carbocycles. The Kier molecular flexibility index (Phi) is 3.48. The normalized spacial score (nSPS) is 10.3. The zero-order chi connectivity index (χ0) is 11.8. The highest BCUT2D eigenvalue weighted by Gasteiger charge is 2.04. The van der Waals surface area contributed by atoms with Gasteiger partial charge in [0.15, 0.2) is 0 Å². The van der Waals surface area contributed by atoms with Gasteiger partial charge < -0.3 is 21.4 Å². The number of nitrogens with zero attached hydrogens (tertiary/aromatic N) is 2. The number of aromatic nitrogens is 2. The number of pyridine rings is 1. The van der Waals surface area contributed by atoms with Gasteiger partial charge in [-0.05, 0) is 48.9 Å². The zero-order valence-electron chi connectivity index (χ0n) is 9.77. The van der Waals surface area contributed by atoms with Crippen molar-refractivity contribution in [2.45, 2.75) is 6.92 Å². The van der Waals surface area contributed by atoms with Crippen molar-refractivity contribution in [2.24, 2.45) is 0 Å². The molecule has 0 radical (unpaired) electrons. The summed E-state index contributed by atoms with van der Waals surface area (Å²) < 4.78 is 14.8. The first-order valence-electron chi connectivity index (χ1n) is 5.44. The monoisotopic (exact) mass is 305 g/mol. The highest BCUT2D eigenvalue weighted by molar-refractivity contribution is 5.62. The van der Waals surface area contributed by atoms with Gasteiger partial charge in [0.1, 0.15) is 11.5 Å². The van der Waals surface area contributed by atoms with Gasteiger partial charge in [0.25, 0.3) is 0 Å². The molecule has 18 heavy (non-hydrogen) atoms. The van der Waals surface area contributed by atoms with Gasteiger partial charge in [-0.15, -0.1) is 0 Å². The second kappa shape index (κ2) is 4.90. The molecule has 3 aromatic rings. The molecule has 3 rings (SSSR count). The summed E-state index contributed by atoms with van der Waals surface area (Å²) in [5.74, 6) is -0.228. The molecular formula is C14H11BrFN2-. The summed E-state index contributed by atoms with van der Waals surface area (Å²) in [5, 5.41) is 0. The van der Waals surface area contributed by atoms with Crippen LogP contribution in [-0.2, 0) is 0 Å². The number of fused-ring (bicyclic) bond motifs is 1. The van der Waals surface area contributed by atoms with Gasteiger partial charge in [0, 0.05) is 18.0 Å². The maximum atomic E-state index is 12.8. The van der Waals surface area contributed by atoms with Crippen LogP contribution in [0.25, 0.3) is 16.9 Å². The van der Waals surface area contributed by atoms with E-state index in [2.05, 4.69) is 4.98 Å². The molecule has 0 bridgehead atoms. The Morgan fingerprint density at radius 3 is 2.56 bits per heavy atom. The predicted octanol–water partition coefficient (Wildman–Crippen LogP) is 0.453. The molecule has 0 aliphatic carbocycles. The number of hydrogen-bond donors (Lipinski definition) is 0. The average molecular weight is 306 g/mol. The van der Waals surface area contributed by atoms with Crippen LogP contribution in [0.3, 0.4) is 0 Å². The number of imidazole rings is 1. The van der Waals surface area contributed by atoms with E-state index in [1.54, 1.807) is 12.1 Å². The number of halogens is 2. The molecule has 0 aliphatic rings. The Labute approximate surface area is 115 Å². The summed E-state index contributed by atoms with van der Waals surface area (Å²) in [6.07, 6.45) is 3.92. The summed E-state index contributed by atoms with van der Waals surface area (Å²) in [5.41, 5.74) is 3.86. The lowest BCUT2D eigenvalue weighted by molar-refractivity contribution is -0.00000415. The van der Waals surface area contributed by atoms with E-state index in [1.807, 2.05) is 35.9 Å². The first-order chi connectivity index (χ1) is 8.22. The largest absolute Gasteiger partial charge is 1.00 e. The van der Waals surface area contributed by atoms with E-state index in [0.29, 0.717) is 0 Å². The molecule has 0 amide bonds. The molecule has 0 spiro atoms. The van der Waals surface area contributed by atoms with Crippen LogP contribution >= 0.6 is 0 Å². The minimum absolute atomic E-state index is 0. The average Bonchev–Trinajstić information content (AvgIpc) is 2.72. The lowest BCUT2D eigenvalue weighted by Crippen LogP contribution is -3.00. The molecule has 0 atom stereocenters. The highest BCUT2D eigenvalue weighted by atomic mass is 79.9. The molecule has 4 heteroatoms. The molecule has 0 N–H and O–H groups in total. The van der Waals surface area contributed by atoms with Crippen LogP contribution in [0, 0.1) is 12.7 Å². The van der Waals surface area contributed by atoms with Crippen molar-refractivity contribution in [2.75, 3.05) is 0 Å². The van der Waals surface area contributed by atoms with Crippen LogP contribution in [0.15, 0.2) is 48.8 Å². The molecule has 0 unspecified atom stereocenters. The zero-order valence-corrected chi connectivity index (χ0v) is 11.4. The van der Waals surface area contributed by atoms with Gasteiger partial charge in [-0.3, -0.25) is 0 Å². The molecular weight excluding hydrogens is 295 g/mol. The van der Waals surface area contributed by atoms with Crippen molar-refractivity contribution < 1.29 is 21.4 Å². The van der Waals surface area contributed by atoms with E-state index in [0.717, 1.165) is 16.9 Å². The molecule has 2 aromatic heterocycles. The second-order valence-electron chi connectivity index (χ2n) is 4.10. The Morgan fingerprint density at radius 1 is 1.11 bits per heavy atom. The summed E-state index contributed by atoms with van der Waals surface area (Å²) in [7, 11) is 0. The topological polar surface area (TPSA) is 17.3 Å². The summed E-state index contributed by atoms with van der Waals surface area (Å²) in [4.78, 5) is 4.51. The minimum Gasteiger partial charge on any atom is -1.00 e. The second-order valence-corrected chi connectivity index (χ2v) is 4.10. The third kappa shape index (κ3) is 2.29. The molecule has 0 saturated carbocycles. The summed E-state index contributed by atoms with van der Waals surface area (Å²) in [6, 6.07) is 10.4. The van der Waals surface area contributed by atoms with Crippen molar-refractivity contribution in [3.8, 4) is 11.3 Å². The van der Waals surface area contributed by atoms with Gasteiger partial charge >= 0.3 is 0 Å². The van der Waals surface area contributed by atoms with E-state index in [1.165, 1.54) is 17.7 Å². The number of aryl methyl sites for hydroxylation is 1. The molecule has 0 fully saturated rings. The SMILES string of the molecule is Cc1ccn2cc(-c3ccc(F)cc3)nc2c1.[Br-]. The van der Waals surface area contributed by atoms with Gasteiger partial charge in [-0.2, -0.15) is 0 Å². The lowest BCUT2D eigenvalue weighted by Gasteiger charge is -1.94. The molecule has 2 heterocycles. The Morgan fingerprint density at radius 2 is 1.83 bits per heavy atom. The van der Waals surface area contributed by atoms with Crippen LogP contribution in [0.5, 0.6) is 0 Å². The van der Waals surface area contributed by atoms with E-state index < -0.39 is 0 Å². The number of rotatable bonds is 1. The maximum Gasteiger partial charge on any atom is 0.137 e. The van der Waals surface area contributed by atoms with Gasteiger partial charge in [-0.1, -0.05) is 0 Å². The van der Waals surface area contributed by atoms with Crippen LogP contribution in [0.4, 0.5) is 4.39 Å². The van der Waals surface area contributed by atoms with E-state index in [4.69, 9.17) is 0 Å². The Bertz CT molecular complexity index is 674. The Balaban J connectivity index is 0.00000120. The van der Waals surface area contributed by atoms with Crippen molar-refractivity contribution in [1.29, 1.82) is 0 Å². The standard InChI is InChI=1S/C14H11FN2.BrH/c1-10-6-7-17-9-13(16-14(17)8-10)11-2-4-12(15)5-3-11;/h2-9H,1H3;1H/p-1. The summed E-state index contributed by atoms with van der Waals surface area (Å²) in [6.45, 7) is 2.03. The van der Waals surface area contributed by atoms with Crippen molar-refractivity contribution in [3.63, 3.8) is 0 Å². The van der Waals surface area contributed by atoms with Gasteiger partial charge in [0.05, 0.1) is 5.69 Å². The van der Waals surface area contributed by atoms with Crippen LogP contribution in [0.1, 0.15) is 5.56 Å². The Hall–Kier alpha value is -1.68. The van der Waals surface area contributed by atoms with Gasteiger partial charge in [0.2, 0.25) is 0 Å². The number of hydrogen-bond acceptors (Lipinski definition) is 1. The fourth-order valence-electron chi connectivity index (χ4n) is 1.84. The molecule has 0 saturated heterocycles. The van der Waals surface area contributed by atoms with Crippen molar-refractivity contribution >= 4 is 5.65 Å². The summed E-state index contributed by atoms with van der Waals surface area (Å²) >= 11 is 0. The quantitative estimate of drug-likeness (QED) is 0.638. The molecule has 92 valence electrons. The minimum atomic E-state index is -0.228. The van der Waals surface area contributed by atoms with Crippen LogP contribution < -0.4 is 17.0 Å². The fourth-order valence-corrected chi connectivity index (χ4v) is 1.84. The van der Waals surface area contributed by atoms with Gasteiger partial charge in [-0.25, -0.2) is 9.37 Å².